The monoisotopic (exact) mass is 333 g/mol. The quantitative estimate of drug-likeness (QED) is 0.295. The van der Waals surface area contributed by atoms with Gasteiger partial charge in [0.2, 0.25) is 0 Å². The number of hydrogen-bond acceptors (Lipinski definition) is 1. The van der Waals surface area contributed by atoms with Crippen molar-refractivity contribution in [2.45, 2.75) is 57.8 Å². The zero-order chi connectivity index (χ0) is 17.3. The molecule has 132 valence electrons. The molecule has 1 nitrogen and oxygen atoms in total. The number of hydrogen-bond donors (Lipinski definition) is 1. The number of benzene rings is 2. The number of anilines is 1. The van der Waals surface area contributed by atoms with Crippen LogP contribution in [0.25, 0.3) is 11.1 Å². The van der Waals surface area contributed by atoms with E-state index in [9.17, 15) is 0 Å². The van der Waals surface area contributed by atoms with Gasteiger partial charge in [-0.1, -0.05) is 74.6 Å². The summed E-state index contributed by atoms with van der Waals surface area (Å²) in [6.07, 6.45) is 13.7. The SMILES string of the molecule is C=CCCCCCCCCCNc1cccc2c1Cc1ccccc1-2. The molecule has 3 rings (SSSR count). The van der Waals surface area contributed by atoms with E-state index < -0.39 is 0 Å². The van der Waals surface area contributed by atoms with Gasteiger partial charge in [0.05, 0.1) is 0 Å². The molecule has 2 aromatic rings. The summed E-state index contributed by atoms with van der Waals surface area (Å²) in [7, 11) is 0. The Labute approximate surface area is 153 Å². The van der Waals surface area contributed by atoms with Crippen LogP contribution in [0.1, 0.15) is 62.5 Å². The molecule has 0 heterocycles. The molecule has 0 fully saturated rings. The highest BCUT2D eigenvalue weighted by Crippen LogP contribution is 2.39. The molecule has 0 amide bonds. The van der Waals surface area contributed by atoms with E-state index in [2.05, 4.69) is 54.4 Å². The van der Waals surface area contributed by atoms with Crippen LogP contribution in [-0.2, 0) is 6.42 Å². The molecule has 1 aliphatic rings. The second kappa shape index (κ2) is 9.46. The molecule has 0 atom stereocenters. The maximum Gasteiger partial charge on any atom is 0.0382 e. The van der Waals surface area contributed by atoms with Gasteiger partial charge in [-0.15, -0.1) is 6.58 Å². The second-order valence-corrected chi connectivity index (χ2v) is 7.14. The van der Waals surface area contributed by atoms with Crippen molar-refractivity contribution in [2.75, 3.05) is 11.9 Å². The Hall–Kier alpha value is -2.02. The van der Waals surface area contributed by atoms with Crippen LogP contribution in [0.3, 0.4) is 0 Å². The Morgan fingerprint density at radius 2 is 1.52 bits per heavy atom. The van der Waals surface area contributed by atoms with E-state index in [-0.39, 0.29) is 0 Å². The van der Waals surface area contributed by atoms with Gasteiger partial charge < -0.3 is 5.32 Å². The van der Waals surface area contributed by atoms with E-state index in [1.54, 1.807) is 0 Å². The lowest BCUT2D eigenvalue weighted by Gasteiger charge is -2.11. The molecule has 0 aromatic heterocycles. The topological polar surface area (TPSA) is 12.0 Å². The van der Waals surface area contributed by atoms with E-state index in [0.717, 1.165) is 13.0 Å². The highest BCUT2D eigenvalue weighted by Gasteiger charge is 2.19. The van der Waals surface area contributed by atoms with Crippen LogP contribution >= 0.6 is 0 Å². The molecular weight excluding hydrogens is 302 g/mol. The number of rotatable bonds is 11. The Morgan fingerprint density at radius 1 is 0.800 bits per heavy atom. The molecule has 0 aliphatic heterocycles. The zero-order valence-electron chi connectivity index (χ0n) is 15.4. The van der Waals surface area contributed by atoms with Crippen LogP contribution in [0.15, 0.2) is 55.1 Å². The number of allylic oxidation sites excluding steroid dienone is 1. The van der Waals surface area contributed by atoms with Gasteiger partial charge in [0.1, 0.15) is 0 Å². The third-order valence-corrected chi connectivity index (χ3v) is 5.25. The summed E-state index contributed by atoms with van der Waals surface area (Å²) in [4.78, 5) is 0. The summed E-state index contributed by atoms with van der Waals surface area (Å²) in [6.45, 7) is 4.87. The van der Waals surface area contributed by atoms with E-state index in [0.29, 0.717) is 0 Å². The standard InChI is InChI=1S/C24H31N/c1-2-3-4-5-6-7-8-9-12-18-25-24-17-13-16-22-21-15-11-10-14-20(21)19-23(22)24/h2,10-11,13-17,25H,1,3-9,12,18-19H2. The Bertz CT molecular complexity index is 686. The summed E-state index contributed by atoms with van der Waals surface area (Å²) in [5, 5.41) is 3.69. The van der Waals surface area contributed by atoms with Crippen LogP contribution in [0.5, 0.6) is 0 Å². The third kappa shape index (κ3) is 4.75. The lowest BCUT2D eigenvalue weighted by atomic mass is 10.0. The normalized spacial score (nSPS) is 11.8. The molecule has 25 heavy (non-hydrogen) atoms. The molecular formula is C24H31N. The second-order valence-electron chi connectivity index (χ2n) is 7.14. The van der Waals surface area contributed by atoms with E-state index in [4.69, 9.17) is 0 Å². The van der Waals surface area contributed by atoms with E-state index in [1.807, 2.05) is 6.08 Å². The van der Waals surface area contributed by atoms with Gasteiger partial charge in [0, 0.05) is 18.7 Å². The van der Waals surface area contributed by atoms with Crippen molar-refractivity contribution < 1.29 is 0 Å². The van der Waals surface area contributed by atoms with Crippen molar-refractivity contribution in [2.24, 2.45) is 0 Å². The van der Waals surface area contributed by atoms with Crippen molar-refractivity contribution in [1.29, 1.82) is 0 Å². The van der Waals surface area contributed by atoms with Gasteiger partial charge >= 0.3 is 0 Å². The smallest absolute Gasteiger partial charge is 0.0382 e. The van der Waals surface area contributed by atoms with Gasteiger partial charge in [-0.05, 0) is 47.6 Å². The Balaban J connectivity index is 1.38. The summed E-state index contributed by atoms with van der Waals surface area (Å²) >= 11 is 0. The van der Waals surface area contributed by atoms with Crippen LogP contribution in [0, 0.1) is 0 Å². The summed E-state index contributed by atoms with van der Waals surface area (Å²) in [5.41, 5.74) is 7.10. The van der Waals surface area contributed by atoms with Crippen molar-refractivity contribution in [3.05, 3.63) is 66.2 Å². The molecule has 1 heteroatoms. The lowest BCUT2D eigenvalue weighted by Crippen LogP contribution is -2.04. The number of unbranched alkanes of at least 4 members (excludes halogenated alkanes) is 7. The average molecular weight is 334 g/mol. The van der Waals surface area contributed by atoms with Crippen LogP contribution in [0.4, 0.5) is 5.69 Å². The predicted molar refractivity (Wildman–Crippen MR) is 110 cm³/mol. The fourth-order valence-corrected chi connectivity index (χ4v) is 3.84. The first kappa shape index (κ1) is 17.8. The van der Waals surface area contributed by atoms with E-state index >= 15 is 0 Å². The number of nitrogens with one attached hydrogen (secondary N) is 1. The molecule has 2 aromatic carbocycles. The first-order chi connectivity index (χ1) is 12.4. The minimum atomic E-state index is 1.07. The third-order valence-electron chi connectivity index (χ3n) is 5.25. The molecule has 0 radical (unpaired) electrons. The molecule has 0 saturated heterocycles. The summed E-state index contributed by atoms with van der Waals surface area (Å²) < 4.78 is 0. The molecule has 0 unspecified atom stereocenters. The van der Waals surface area contributed by atoms with E-state index in [1.165, 1.54) is 79.3 Å². The molecule has 1 aliphatic carbocycles. The van der Waals surface area contributed by atoms with Gasteiger partial charge in [-0.2, -0.15) is 0 Å². The minimum Gasteiger partial charge on any atom is -0.385 e. The maximum absolute atomic E-state index is 3.78. The van der Waals surface area contributed by atoms with Crippen LogP contribution in [0.2, 0.25) is 0 Å². The molecule has 0 spiro atoms. The fraction of sp³-hybridized carbons (Fsp3) is 0.417. The van der Waals surface area contributed by atoms with Crippen molar-refractivity contribution in [3.8, 4) is 11.1 Å². The van der Waals surface area contributed by atoms with Gasteiger partial charge in [0.25, 0.3) is 0 Å². The van der Waals surface area contributed by atoms with Crippen LogP contribution < -0.4 is 5.32 Å². The average Bonchev–Trinajstić information content (AvgIpc) is 3.03. The zero-order valence-corrected chi connectivity index (χ0v) is 15.4. The summed E-state index contributed by atoms with van der Waals surface area (Å²) in [6, 6.07) is 15.5. The predicted octanol–water partition coefficient (Wildman–Crippen LogP) is 6.98. The van der Waals surface area contributed by atoms with Crippen molar-refractivity contribution in [3.63, 3.8) is 0 Å². The fourth-order valence-electron chi connectivity index (χ4n) is 3.84. The Morgan fingerprint density at radius 3 is 2.36 bits per heavy atom. The van der Waals surface area contributed by atoms with Gasteiger partial charge in [-0.25, -0.2) is 0 Å². The largest absolute Gasteiger partial charge is 0.385 e. The highest BCUT2D eigenvalue weighted by molar-refractivity contribution is 5.81. The highest BCUT2D eigenvalue weighted by atomic mass is 14.9. The Kier molecular flexibility index (Phi) is 6.73. The van der Waals surface area contributed by atoms with Gasteiger partial charge in [0.15, 0.2) is 0 Å². The lowest BCUT2D eigenvalue weighted by molar-refractivity contribution is 0.587. The first-order valence-electron chi connectivity index (χ1n) is 9.95. The molecule has 0 saturated carbocycles. The van der Waals surface area contributed by atoms with Gasteiger partial charge in [-0.3, -0.25) is 0 Å². The molecule has 1 N–H and O–H groups in total. The van der Waals surface area contributed by atoms with Crippen molar-refractivity contribution in [1.82, 2.24) is 0 Å². The van der Waals surface area contributed by atoms with Crippen LogP contribution in [-0.4, -0.2) is 6.54 Å². The first-order valence-corrected chi connectivity index (χ1v) is 9.95. The minimum absolute atomic E-state index is 1.07. The molecule has 0 bridgehead atoms. The number of fused-ring (bicyclic) bond motifs is 3. The maximum atomic E-state index is 3.78. The summed E-state index contributed by atoms with van der Waals surface area (Å²) in [5.74, 6) is 0. The van der Waals surface area contributed by atoms with Crippen molar-refractivity contribution >= 4 is 5.69 Å².